The smallest absolute Gasteiger partial charge is 0.343 e. The molecule has 0 spiro atoms. The van der Waals surface area contributed by atoms with E-state index < -0.39 is 5.97 Å². The van der Waals surface area contributed by atoms with Crippen LogP contribution >= 0.6 is 0 Å². The number of benzene rings is 2. The van der Waals surface area contributed by atoms with E-state index in [0.717, 1.165) is 50.0 Å². The van der Waals surface area contributed by atoms with Gasteiger partial charge < -0.3 is 14.2 Å². The van der Waals surface area contributed by atoms with E-state index in [1.165, 1.54) is 0 Å². The number of rotatable bonds is 13. The van der Waals surface area contributed by atoms with E-state index in [1.54, 1.807) is 36.4 Å². The Morgan fingerprint density at radius 3 is 2.00 bits per heavy atom. The van der Waals surface area contributed by atoms with Crippen molar-refractivity contribution in [3.8, 4) is 17.2 Å². The van der Waals surface area contributed by atoms with Crippen molar-refractivity contribution in [2.24, 2.45) is 0 Å². The first-order chi connectivity index (χ1) is 13.7. The molecule has 4 heteroatoms. The summed E-state index contributed by atoms with van der Waals surface area (Å²) in [5, 5.41) is 0. The number of carbonyl (C=O) groups excluding carboxylic acids is 1. The zero-order chi connectivity index (χ0) is 20.0. The van der Waals surface area contributed by atoms with Crippen LogP contribution in [0.25, 0.3) is 0 Å². The molecule has 0 bridgehead atoms. The first-order valence-corrected chi connectivity index (χ1v) is 10.0. The van der Waals surface area contributed by atoms with Crippen molar-refractivity contribution in [3.63, 3.8) is 0 Å². The van der Waals surface area contributed by atoms with E-state index >= 15 is 0 Å². The minimum atomic E-state index is -0.393. The summed E-state index contributed by atoms with van der Waals surface area (Å²) in [5.41, 5.74) is 0.488. The highest BCUT2D eigenvalue weighted by atomic mass is 16.5. The third kappa shape index (κ3) is 7.87. The standard InChI is InChI=1S/C24H30O4/c1-3-5-7-8-9-19-27-21-12-10-20(11-13-21)24(25)28-23-16-14-22(15-17-23)26-18-6-4-2/h3,10-17H,1,4-9,18-19H2,2H3. The van der Waals surface area contributed by atoms with Gasteiger partial charge in [-0.1, -0.05) is 19.4 Å². The minimum Gasteiger partial charge on any atom is -0.494 e. The fourth-order valence-corrected chi connectivity index (χ4v) is 2.55. The number of hydrogen-bond acceptors (Lipinski definition) is 4. The number of ether oxygens (including phenoxy) is 3. The molecule has 0 fully saturated rings. The van der Waals surface area contributed by atoms with Crippen LogP contribution < -0.4 is 14.2 Å². The molecule has 0 aliphatic heterocycles. The molecule has 0 saturated carbocycles. The second kappa shape index (κ2) is 12.6. The zero-order valence-electron chi connectivity index (χ0n) is 16.7. The van der Waals surface area contributed by atoms with Crippen LogP contribution in [-0.2, 0) is 0 Å². The average Bonchev–Trinajstić information content (AvgIpc) is 2.72. The lowest BCUT2D eigenvalue weighted by atomic mass is 10.2. The van der Waals surface area contributed by atoms with Crippen LogP contribution in [0.4, 0.5) is 0 Å². The van der Waals surface area contributed by atoms with Crippen molar-refractivity contribution in [1.82, 2.24) is 0 Å². The summed E-state index contributed by atoms with van der Waals surface area (Å²) in [4.78, 5) is 12.3. The zero-order valence-corrected chi connectivity index (χ0v) is 16.7. The SMILES string of the molecule is C=CCCCCCOc1ccc(C(=O)Oc2ccc(OCCCC)cc2)cc1. The third-order valence-corrected chi connectivity index (χ3v) is 4.21. The van der Waals surface area contributed by atoms with Gasteiger partial charge in [-0.05, 0) is 80.6 Å². The van der Waals surface area contributed by atoms with Crippen LogP contribution in [0.5, 0.6) is 17.2 Å². The minimum absolute atomic E-state index is 0.393. The lowest BCUT2D eigenvalue weighted by Gasteiger charge is -2.08. The molecule has 2 aromatic rings. The summed E-state index contributed by atoms with van der Waals surface area (Å²) in [6.45, 7) is 7.21. The van der Waals surface area contributed by atoms with Crippen molar-refractivity contribution in [1.29, 1.82) is 0 Å². The second-order valence-electron chi connectivity index (χ2n) is 6.57. The Morgan fingerprint density at radius 1 is 0.821 bits per heavy atom. The van der Waals surface area contributed by atoms with Crippen LogP contribution in [-0.4, -0.2) is 19.2 Å². The fraction of sp³-hybridized carbons (Fsp3) is 0.375. The highest BCUT2D eigenvalue weighted by Crippen LogP contribution is 2.20. The lowest BCUT2D eigenvalue weighted by Crippen LogP contribution is -2.08. The van der Waals surface area contributed by atoms with E-state index in [1.807, 2.05) is 18.2 Å². The van der Waals surface area contributed by atoms with E-state index in [-0.39, 0.29) is 0 Å². The van der Waals surface area contributed by atoms with E-state index in [0.29, 0.717) is 24.5 Å². The van der Waals surface area contributed by atoms with Gasteiger partial charge >= 0.3 is 5.97 Å². The molecule has 28 heavy (non-hydrogen) atoms. The van der Waals surface area contributed by atoms with Crippen LogP contribution in [0.15, 0.2) is 61.2 Å². The quantitative estimate of drug-likeness (QED) is 0.179. The van der Waals surface area contributed by atoms with Gasteiger partial charge in [0.15, 0.2) is 0 Å². The number of unbranched alkanes of at least 4 members (excludes halogenated alkanes) is 4. The van der Waals surface area contributed by atoms with E-state index in [9.17, 15) is 4.79 Å². The number of allylic oxidation sites excluding steroid dienone is 1. The lowest BCUT2D eigenvalue weighted by molar-refractivity contribution is 0.0734. The molecule has 150 valence electrons. The largest absolute Gasteiger partial charge is 0.494 e. The molecule has 0 heterocycles. The molecule has 4 nitrogen and oxygen atoms in total. The van der Waals surface area contributed by atoms with Crippen molar-refractivity contribution in [3.05, 3.63) is 66.7 Å². The van der Waals surface area contributed by atoms with Crippen molar-refractivity contribution < 1.29 is 19.0 Å². The van der Waals surface area contributed by atoms with E-state index in [4.69, 9.17) is 14.2 Å². The molecule has 0 aliphatic carbocycles. The summed E-state index contributed by atoms with van der Waals surface area (Å²) < 4.78 is 16.7. The Bertz CT molecular complexity index is 704. The van der Waals surface area contributed by atoms with Gasteiger partial charge in [0.05, 0.1) is 18.8 Å². The predicted octanol–water partition coefficient (Wildman–Crippen LogP) is 6.21. The van der Waals surface area contributed by atoms with Gasteiger partial charge in [0.2, 0.25) is 0 Å². The molecule has 0 unspecified atom stereocenters. The molecule has 2 aromatic carbocycles. The topological polar surface area (TPSA) is 44.8 Å². The number of carbonyl (C=O) groups is 1. The van der Waals surface area contributed by atoms with Crippen LogP contribution in [0.2, 0.25) is 0 Å². The Labute approximate surface area is 168 Å². The second-order valence-corrected chi connectivity index (χ2v) is 6.57. The van der Waals surface area contributed by atoms with E-state index in [2.05, 4.69) is 13.5 Å². The highest BCUT2D eigenvalue weighted by molar-refractivity contribution is 5.91. The van der Waals surface area contributed by atoms with Gasteiger partial charge in [-0.3, -0.25) is 0 Å². The summed E-state index contributed by atoms with van der Waals surface area (Å²) in [6.07, 6.45) is 8.37. The maximum absolute atomic E-state index is 12.3. The average molecular weight is 383 g/mol. The van der Waals surface area contributed by atoms with Gasteiger partial charge in [0, 0.05) is 0 Å². The molecule has 2 rings (SSSR count). The number of hydrogen-bond donors (Lipinski definition) is 0. The van der Waals surface area contributed by atoms with Crippen LogP contribution in [0, 0.1) is 0 Å². The summed E-state index contributed by atoms with van der Waals surface area (Å²) in [5.74, 6) is 1.64. The van der Waals surface area contributed by atoms with Gasteiger partial charge in [0.1, 0.15) is 17.2 Å². The molecule has 0 N–H and O–H groups in total. The molecule has 0 aliphatic rings. The maximum Gasteiger partial charge on any atom is 0.343 e. The molecule has 0 aromatic heterocycles. The van der Waals surface area contributed by atoms with Crippen LogP contribution in [0.3, 0.4) is 0 Å². The van der Waals surface area contributed by atoms with Gasteiger partial charge in [-0.25, -0.2) is 4.79 Å². The first-order valence-electron chi connectivity index (χ1n) is 10.0. The molecule has 0 radical (unpaired) electrons. The Hall–Kier alpha value is -2.75. The normalized spacial score (nSPS) is 10.3. The molecular weight excluding hydrogens is 352 g/mol. The molecule has 0 atom stereocenters. The highest BCUT2D eigenvalue weighted by Gasteiger charge is 2.09. The van der Waals surface area contributed by atoms with Crippen molar-refractivity contribution in [2.75, 3.05) is 13.2 Å². The Kier molecular flexibility index (Phi) is 9.70. The fourth-order valence-electron chi connectivity index (χ4n) is 2.55. The Morgan fingerprint density at radius 2 is 1.39 bits per heavy atom. The van der Waals surface area contributed by atoms with Gasteiger partial charge in [-0.2, -0.15) is 0 Å². The first kappa shape index (κ1) is 21.5. The third-order valence-electron chi connectivity index (χ3n) is 4.21. The monoisotopic (exact) mass is 382 g/mol. The summed E-state index contributed by atoms with van der Waals surface area (Å²) >= 11 is 0. The van der Waals surface area contributed by atoms with Gasteiger partial charge in [-0.15, -0.1) is 6.58 Å². The summed E-state index contributed by atoms with van der Waals surface area (Å²) in [7, 11) is 0. The maximum atomic E-state index is 12.3. The summed E-state index contributed by atoms with van der Waals surface area (Å²) in [6, 6.07) is 14.1. The number of esters is 1. The Balaban J connectivity index is 1.76. The molecular formula is C24H30O4. The molecule has 0 saturated heterocycles. The van der Waals surface area contributed by atoms with Gasteiger partial charge in [0.25, 0.3) is 0 Å². The van der Waals surface area contributed by atoms with Crippen LogP contribution in [0.1, 0.15) is 55.8 Å². The van der Waals surface area contributed by atoms with Crippen molar-refractivity contribution >= 4 is 5.97 Å². The molecule has 0 amide bonds. The predicted molar refractivity (Wildman–Crippen MR) is 112 cm³/mol. The van der Waals surface area contributed by atoms with Crippen molar-refractivity contribution in [2.45, 2.75) is 45.4 Å².